The van der Waals surface area contributed by atoms with Crippen molar-refractivity contribution in [3.63, 3.8) is 0 Å². The first kappa shape index (κ1) is 15.6. The molecular formula is C16H14Cl2N2O. The van der Waals surface area contributed by atoms with Crippen LogP contribution in [0, 0.1) is 0 Å². The van der Waals surface area contributed by atoms with Gasteiger partial charge in [-0.05, 0) is 42.0 Å². The molecule has 21 heavy (non-hydrogen) atoms. The van der Waals surface area contributed by atoms with Crippen molar-refractivity contribution in [2.45, 2.75) is 6.54 Å². The van der Waals surface area contributed by atoms with Crippen molar-refractivity contribution < 1.29 is 5.11 Å². The number of pyridine rings is 1. The molecule has 3 N–H and O–H groups in total. The minimum absolute atomic E-state index is 0.206. The van der Waals surface area contributed by atoms with E-state index in [0.717, 1.165) is 16.0 Å². The minimum atomic E-state index is 0.206. The highest BCUT2D eigenvalue weighted by molar-refractivity contribution is 6.30. The van der Waals surface area contributed by atoms with Crippen molar-refractivity contribution in [3.05, 3.63) is 70.3 Å². The van der Waals surface area contributed by atoms with Gasteiger partial charge in [-0.1, -0.05) is 35.3 Å². The van der Waals surface area contributed by atoms with Crippen LogP contribution in [0.1, 0.15) is 5.56 Å². The first-order chi connectivity index (χ1) is 10.1. The number of hydrogen-bond donors (Lipinski definition) is 2. The third-order valence-electron chi connectivity index (χ3n) is 2.79. The first-order valence-electron chi connectivity index (χ1n) is 6.28. The van der Waals surface area contributed by atoms with Crippen LogP contribution in [0.4, 0.5) is 0 Å². The zero-order valence-corrected chi connectivity index (χ0v) is 12.6. The van der Waals surface area contributed by atoms with Crippen LogP contribution in [-0.2, 0) is 6.54 Å². The van der Waals surface area contributed by atoms with Gasteiger partial charge in [-0.15, -0.1) is 0 Å². The van der Waals surface area contributed by atoms with E-state index in [9.17, 15) is 0 Å². The molecule has 0 unspecified atom stereocenters. The molecule has 0 spiro atoms. The second-order valence-electron chi connectivity index (χ2n) is 4.34. The summed E-state index contributed by atoms with van der Waals surface area (Å²) in [5.74, 6) is 0.206. The summed E-state index contributed by atoms with van der Waals surface area (Å²) in [6.45, 7) is 0.581. The number of nitrogens with two attached hydrogens (primary N) is 1. The molecule has 0 aliphatic rings. The molecule has 3 aromatic rings. The smallest absolute Gasteiger partial charge is 0.129 e. The van der Waals surface area contributed by atoms with Crippen LogP contribution in [0.25, 0.3) is 10.9 Å². The number of hydrogen-bond acceptors (Lipinski definition) is 3. The van der Waals surface area contributed by atoms with Gasteiger partial charge in [0.1, 0.15) is 10.9 Å². The first-order valence-corrected chi connectivity index (χ1v) is 7.04. The van der Waals surface area contributed by atoms with E-state index in [4.69, 9.17) is 34.0 Å². The number of benzene rings is 2. The third kappa shape index (κ3) is 4.60. The van der Waals surface area contributed by atoms with Gasteiger partial charge in [0.05, 0.1) is 5.52 Å². The predicted molar refractivity (Wildman–Crippen MR) is 87.8 cm³/mol. The Hall–Kier alpha value is -1.81. The number of phenols is 1. The summed E-state index contributed by atoms with van der Waals surface area (Å²) in [5.41, 5.74) is 7.18. The van der Waals surface area contributed by atoms with Crippen LogP contribution >= 0.6 is 23.2 Å². The largest absolute Gasteiger partial charge is 0.508 e. The Bertz CT molecular complexity index is 693. The summed E-state index contributed by atoms with van der Waals surface area (Å²) in [4.78, 5) is 4.04. The molecule has 3 rings (SSSR count). The second-order valence-corrected chi connectivity index (χ2v) is 5.17. The van der Waals surface area contributed by atoms with Crippen molar-refractivity contribution in [2.24, 2.45) is 5.73 Å². The van der Waals surface area contributed by atoms with E-state index in [1.54, 1.807) is 24.3 Å². The quantitative estimate of drug-likeness (QED) is 0.653. The normalized spacial score (nSPS) is 10.0. The standard InChI is InChI=1S/C9H6ClNO.C7H8ClN/c10-9-4-2-6-1-3-7(12)5-8(6)11-9;8-7-3-1-6(5-9)2-4-7/h1-5,12H;1-4H,5,9H2. The van der Waals surface area contributed by atoms with E-state index in [0.29, 0.717) is 17.2 Å². The summed E-state index contributed by atoms with van der Waals surface area (Å²) in [6, 6.07) is 16.1. The van der Waals surface area contributed by atoms with Crippen LogP contribution in [-0.4, -0.2) is 10.1 Å². The molecule has 0 amide bonds. The molecule has 0 saturated carbocycles. The molecule has 0 bridgehead atoms. The number of rotatable bonds is 1. The van der Waals surface area contributed by atoms with E-state index in [1.165, 1.54) is 0 Å². The summed E-state index contributed by atoms with van der Waals surface area (Å²) in [5, 5.41) is 11.3. The van der Waals surface area contributed by atoms with Crippen molar-refractivity contribution in [1.29, 1.82) is 0 Å². The lowest BCUT2D eigenvalue weighted by Gasteiger charge is -1.97. The molecule has 5 heteroatoms. The number of halogens is 2. The van der Waals surface area contributed by atoms with Gasteiger partial charge in [-0.25, -0.2) is 4.98 Å². The molecule has 1 aromatic heterocycles. The van der Waals surface area contributed by atoms with Crippen LogP contribution in [0.2, 0.25) is 10.2 Å². The molecule has 0 saturated heterocycles. The Morgan fingerprint density at radius 3 is 2.29 bits per heavy atom. The highest BCUT2D eigenvalue weighted by Crippen LogP contribution is 2.19. The van der Waals surface area contributed by atoms with E-state index >= 15 is 0 Å². The Balaban J connectivity index is 0.000000161. The van der Waals surface area contributed by atoms with Gasteiger partial charge >= 0.3 is 0 Å². The molecule has 108 valence electrons. The van der Waals surface area contributed by atoms with E-state index < -0.39 is 0 Å². The van der Waals surface area contributed by atoms with E-state index in [1.807, 2.05) is 30.3 Å². The predicted octanol–water partition coefficient (Wildman–Crippen LogP) is 4.39. The van der Waals surface area contributed by atoms with Crippen molar-refractivity contribution in [2.75, 3.05) is 0 Å². The maximum absolute atomic E-state index is 9.14. The Kier molecular flexibility index (Phi) is 5.39. The van der Waals surface area contributed by atoms with Gasteiger partial charge in [0.15, 0.2) is 0 Å². The summed E-state index contributed by atoms with van der Waals surface area (Å²) < 4.78 is 0. The maximum Gasteiger partial charge on any atom is 0.129 e. The third-order valence-corrected chi connectivity index (χ3v) is 3.25. The van der Waals surface area contributed by atoms with Gasteiger partial charge in [-0.3, -0.25) is 0 Å². The van der Waals surface area contributed by atoms with Gasteiger partial charge in [0.2, 0.25) is 0 Å². The average molecular weight is 321 g/mol. The van der Waals surface area contributed by atoms with E-state index in [2.05, 4.69) is 4.98 Å². The second kappa shape index (κ2) is 7.27. The van der Waals surface area contributed by atoms with Gasteiger partial charge in [0.25, 0.3) is 0 Å². The lowest BCUT2D eigenvalue weighted by atomic mass is 10.2. The van der Waals surface area contributed by atoms with Crippen LogP contribution < -0.4 is 5.73 Å². The lowest BCUT2D eigenvalue weighted by molar-refractivity contribution is 0.476. The maximum atomic E-state index is 9.14. The monoisotopic (exact) mass is 320 g/mol. The topological polar surface area (TPSA) is 59.1 Å². The van der Waals surface area contributed by atoms with Gasteiger partial charge in [-0.2, -0.15) is 0 Å². The highest BCUT2D eigenvalue weighted by atomic mass is 35.5. The van der Waals surface area contributed by atoms with E-state index in [-0.39, 0.29) is 5.75 Å². The molecule has 0 fully saturated rings. The molecule has 3 nitrogen and oxygen atoms in total. The average Bonchev–Trinajstić information content (AvgIpc) is 2.48. The molecule has 0 radical (unpaired) electrons. The highest BCUT2D eigenvalue weighted by Gasteiger charge is 1.96. The molecule has 0 aliphatic heterocycles. The van der Waals surface area contributed by atoms with Gasteiger partial charge < -0.3 is 10.8 Å². The fourth-order valence-electron chi connectivity index (χ4n) is 1.70. The Labute approximate surface area is 133 Å². The summed E-state index contributed by atoms with van der Waals surface area (Å²) >= 11 is 11.3. The summed E-state index contributed by atoms with van der Waals surface area (Å²) in [6.07, 6.45) is 0. The fraction of sp³-hybridized carbons (Fsp3) is 0.0625. The molecule has 1 heterocycles. The zero-order valence-electron chi connectivity index (χ0n) is 11.1. The van der Waals surface area contributed by atoms with Crippen LogP contribution in [0.15, 0.2) is 54.6 Å². The van der Waals surface area contributed by atoms with Crippen molar-refractivity contribution >= 4 is 34.1 Å². The number of phenolic OH excluding ortho intramolecular Hbond substituents is 1. The molecule has 2 aromatic carbocycles. The Morgan fingerprint density at radius 2 is 1.62 bits per heavy atom. The molecule has 0 atom stereocenters. The lowest BCUT2D eigenvalue weighted by Crippen LogP contribution is -1.94. The van der Waals surface area contributed by atoms with Crippen molar-refractivity contribution in [3.8, 4) is 5.75 Å². The number of aromatic nitrogens is 1. The van der Waals surface area contributed by atoms with Crippen molar-refractivity contribution in [1.82, 2.24) is 4.98 Å². The number of nitrogens with zero attached hydrogens (tertiary/aromatic N) is 1. The SMILES string of the molecule is NCc1ccc(Cl)cc1.Oc1ccc2ccc(Cl)nc2c1. The van der Waals surface area contributed by atoms with Crippen LogP contribution in [0.5, 0.6) is 5.75 Å². The summed E-state index contributed by atoms with van der Waals surface area (Å²) in [7, 11) is 0. The fourth-order valence-corrected chi connectivity index (χ4v) is 1.98. The zero-order chi connectivity index (χ0) is 15.2. The number of aromatic hydroxyl groups is 1. The van der Waals surface area contributed by atoms with Crippen LogP contribution in [0.3, 0.4) is 0 Å². The Morgan fingerprint density at radius 1 is 0.952 bits per heavy atom. The number of fused-ring (bicyclic) bond motifs is 1. The van der Waals surface area contributed by atoms with Gasteiger partial charge in [0, 0.05) is 23.0 Å². The molecule has 0 aliphatic carbocycles. The minimum Gasteiger partial charge on any atom is -0.508 e. The molecular weight excluding hydrogens is 307 g/mol.